The maximum atomic E-state index is 11.6. The third-order valence-electron chi connectivity index (χ3n) is 2.58. The van der Waals surface area contributed by atoms with E-state index >= 15 is 0 Å². The third-order valence-corrected chi connectivity index (χ3v) is 2.58. The van der Waals surface area contributed by atoms with Crippen molar-refractivity contribution in [3.05, 3.63) is 36.2 Å². The number of hydrogen-bond acceptors (Lipinski definition) is 5. The highest BCUT2D eigenvalue weighted by Crippen LogP contribution is 2.25. The van der Waals surface area contributed by atoms with Gasteiger partial charge in [-0.05, 0) is 26.0 Å². The lowest BCUT2D eigenvalue weighted by molar-refractivity contribution is 0.0515. The molecule has 0 radical (unpaired) electrons. The monoisotopic (exact) mass is 276 g/mol. The molecule has 6 nitrogen and oxygen atoms in total. The van der Waals surface area contributed by atoms with E-state index in [1.807, 2.05) is 19.1 Å². The van der Waals surface area contributed by atoms with Crippen molar-refractivity contribution < 1.29 is 19.4 Å². The summed E-state index contributed by atoms with van der Waals surface area (Å²) >= 11 is 0. The van der Waals surface area contributed by atoms with E-state index in [2.05, 4.69) is 5.10 Å². The molecule has 0 aliphatic carbocycles. The lowest BCUT2D eigenvalue weighted by Gasteiger charge is -2.09. The van der Waals surface area contributed by atoms with Gasteiger partial charge in [-0.2, -0.15) is 5.10 Å². The van der Waals surface area contributed by atoms with Gasteiger partial charge in [0, 0.05) is 0 Å². The Morgan fingerprint density at radius 3 is 2.75 bits per heavy atom. The van der Waals surface area contributed by atoms with Gasteiger partial charge in [0.1, 0.15) is 11.4 Å². The fourth-order valence-corrected chi connectivity index (χ4v) is 1.76. The summed E-state index contributed by atoms with van der Waals surface area (Å²) < 4.78 is 11.7. The van der Waals surface area contributed by atoms with Gasteiger partial charge in [-0.3, -0.25) is 0 Å². The first-order valence-corrected chi connectivity index (χ1v) is 6.35. The summed E-state index contributed by atoms with van der Waals surface area (Å²) in [7, 11) is 0. The van der Waals surface area contributed by atoms with E-state index < -0.39 is 5.97 Å². The molecule has 0 atom stereocenters. The van der Waals surface area contributed by atoms with Crippen LogP contribution in [0.2, 0.25) is 0 Å². The molecule has 0 bridgehead atoms. The van der Waals surface area contributed by atoms with Gasteiger partial charge in [-0.15, -0.1) is 0 Å². The summed E-state index contributed by atoms with van der Waals surface area (Å²) in [5.41, 5.74) is 0.526. The van der Waals surface area contributed by atoms with E-state index in [9.17, 15) is 9.90 Å². The number of nitrogens with zero attached hydrogens (tertiary/aromatic N) is 2. The zero-order valence-corrected chi connectivity index (χ0v) is 11.4. The standard InChI is InChI=1S/C14H16N2O4/c1-3-19-12-8-6-5-7-10(12)16-9-11(17)13(15-16)14(18)20-4-2/h5-9,17H,3-4H2,1-2H3. The minimum atomic E-state index is -0.655. The van der Waals surface area contributed by atoms with Crippen LogP contribution in [0.15, 0.2) is 30.5 Å². The fraction of sp³-hybridized carbons (Fsp3) is 0.286. The number of carbonyl (C=O) groups excluding carboxylic acids is 1. The molecule has 0 aliphatic rings. The predicted molar refractivity (Wildman–Crippen MR) is 72.4 cm³/mol. The second kappa shape index (κ2) is 6.10. The van der Waals surface area contributed by atoms with Gasteiger partial charge in [0.25, 0.3) is 0 Å². The normalized spacial score (nSPS) is 10.3. The van der Waals surface area contributed by atoms with E-state index in [-0.39, 0.29) is 18.1 Å². The van der Waals surface area contributed by atoms with E-state index in [0.717, 1.165) is 0 Å². The largest absolute Gasteiger partial charge is 0.504 e. The van der Waals surface area contributed by atoms with Crippen LogP contribution < -0.4 is 4.74 Å². The highest BCUT2D eigenvalue weighted by Gasteiger charge is 2.19. The fourth-order valence-electron chi connectivity index (χ4n) is 1.76. The quantitative estimate of drug-likeness (QED) is 0.847. The van der Waals surface area contributed by atoms with Crippen molar-refractivity contribution >= 4 is 5.97 Å². The zero-order chi connectivity index (χ0) is 14.5. The summed E-state index contributed by atoms with van der Waals surface area (Å²) in [6, 6.07) is 7.23. The number of ether oxygens (including phenoxy) is 2. The van der Waals surface area contributed by atoms with Gasteiger partial charge in [0.15, 0.2) is 5.75 Å². The van der Waals surface area contributed by atoms with Crippen molar-refractivity contribution in [2.45, 2.75) is 13.8 Å². The molecule has 0 saturated carbocycles. The molecule has 0 amide bonds. The first-order chi connectivity index (χ1) is 9.67. The highest BCUT2D eigenvalue weighted by molar-refractivity contribution is 5.90. The molecule has 1 N–H and O–H groups in total. The lowest BCUT2D eigenvalue weighted by atomic mass is 10.3. The molecule has 0 spiro atoms. The Morgan fingerprint density at radius 1 is 1.30 bits per heavy atom. The number of aromatic nitrogens is 2. The molecular weight excluding hydrogens is 260 g/mol. The molecule has 1 heterocycles. The molecule has 106 valence electrons. The van der Waals surface area contributed by atoms with Crippen LogP contribution in [0.25, 0.3) is 5.69 Å². The SMILES string of the molecule is CCOC(=O)c1nn(-c2ccccc2OCC)cc1O. The Hall–Kier alpha value is -2.50. The molecule has 0 saturated heterocycles. The van der Waals surface area contributed by atoms with E-state index in [4.69, 9.17) is 9.47 Å². The average Bonchev–Trinajstić information content (AvgIpc) is 2.82. The summed E-state index contributed by atoms with van der Waals surface area (Å²) in [4.78, 5) is 11.6. The number of rotatable bonds is 5. The number of carbonyl (C=O) groups is 1. The van der Waals surface area contributed by atoms with Crippen LogP contribution in [0.4, 0.5) is 0 Å². The maximum absolute atomic E-state index is 11.6. The van der Waals surface area contributed by atoms with Crippen LogP contribution in [0.3, 0.4) is 0 Å². The van der Waals surface area contributed by atoms with Gasteiger partial charge in [-0.25, -0.2) is 9.48 Å². The predicted octanol–water partition coefficient (Wildman–Crippen LogP) is 2.15. The second-order valence-corrected chi connectivity index (χ2v) is 3.93. The summed E-state index contributed by atoms with van der Waals surface area (Å²) in [5.74, 6) is -0.264. The van der Waals surface area contributed by atoms with Crippen molar-refractivity contribution in [3.8, 4) is 17.2 Å². The molecule has 0 unspecified atom stereocenters. The maximum Gasteiger partial charge on any atom is 0.362 e. The Labute approximate surface area is 116 Å². The van der Waals surface area contributed by atoms with Crippen molar-refractivity contribution in [2.75, 3.05) is 13.2 Å². The van der Waals surface area contributed by atoms with Gasteiger partial charge < -0.3 is 14.6 Å². The van der Waals surface area contributed by atoms with Crippen molar-refractivity contribution in [2.24, 2.45) is 0 Å². The van der Waals surface area contributed by atoms with E-state index in [1.165, 1.54) is 10.9 Å². The topological polar surface area (TPSA) is 73.6 Å². The van der Waals surface area contributed by atoms with Crippen molar-refractivity contribution in [3.63, 3.8) is 0 Å². The average molecular weight is 276 g/mol. The molecule has 0 aliphatic heterocycles. The van der Waals surface area contributed by atoms with Gasteiger partial charge >= 0.3 is 5.97 Å². The Balaban J connectivity index is 2.39. The molecule has 6 heteroatoms. The molecule has 1 aromatic carbocycles. The van der Waals surface area contributed by atoms with Crippen molar-refractivity contribution in [1.29, 1.82) is 0 Å². The lowest BCUT2D eigenvalue weighted by Crippen LogP contribution is -2.07. The number of esters is 1. The smallest absolute Gasteiger partial charge is 0.362 e. The van der Waals surface area contributed by atoms with E-state index in [1.54, 1.807) is 19.1 Å². The first-order valence-electron chi connectivity index (χ1n) is 6.35. The molecule has 2 rings (SSSR count). The van der Waals surface area contributed by atoms with Crippen LogP contribution in [0, 0.1) is 0 Å². The van der Waals surface area contributed by atoms with Crippen molar-refractivity contribution in [1.82, 2.24) is 9.78 Å². The molecule has 2 aromatic rings. The summed E-state index contributed by atoms with van der Waals surface area (Å²) in [6.07, 6.45) is 1.35. The zero-order valence-electron chi connectivity index (χ0n) is 11.4. The van der Waals surface area contributed by atoms with Crippen LogP contribution in [0.1, 0.15) is 24.3 Å². The Kier molecular flexibility index (Phi) is 4.24. The number of hydrogen-bond donors (Lipinski definition) is 1. The third kappa shape index (κ3) is 2.74. The number of benzene rings is 1. The Morgan fingerprint density at radius 2 is 2.05 bits per heavy atom. The van der Waals surface area contributed by atoms with Gasteiger partial charge in [0.2, 0.25) is 5.69 Å². The van der Waals surface area contributed by atoms with Gasteiger partial charge in [-0.1, -0.05) is 12.1 Å². The van der Waals surface area contributed by atoms with E-state index in [0.29, 0.717) is 18.0 Å². The molecule has 1 aromatic heterocycles. The van der Waals surface area contributed by atoms with Crippen LogP contribution in [0.5, 0.6) is 11.5 Å². The molecule has 0 fully saturated rings. The van der Waals surface area contributed by atoms with Crippen LogP contribution in [-0.2, 0) is 4.74 Å². The minimum Gasteiger partial charge on any atom is -0.504 e. The summed E-state index contributed by atoms with van der Waals surface area (Å²) in [6.45, 7) is 4.30. The van der Waals surface area contributed by atoms with Gasteiger partial charge in [0.05, 0.1) is 19.4 Å². The molecule has 20 heavy (non-hydrogen) atoms. The van der Waals surface area contributed by atoms with Crippen LogP contribution >= 0.6 is 0 Å². The second-order valence-electron chi connectivity index (χ2n) is 3.93. The van der Waals surface area contributed by atoms with Crippen LogP contribution in [-0.4, -0.2) is 34.1 Å². The number of aromatic hydroxyl groups is 1. The first kappa shape index (κ1) is 13.9. The number of para-hydroxylation sites is 2. The minimum absolute atomic E-state index is 0.113. The summed E-state index contributed by atoms with van der Waals surface area (Å²) in [5, 5.41) is 13.8. The Bertz CT molecular complexity index is 607. The molecular formula is C14H16N2O4. The highest BCUT2D eigenvalue weighted by atomic mass is 16.5.